The lowest BCUT2D eigenvalue weighted by Gasteiger charge is -2.20. The van der Waals surface area contributed by atoms with E-state index in [9.17, 15) is 0 Å². The van der Waals surface area contributed by atoms with Crippen LogP contribution in [0.3, 0.4) is 0 Å². The van der Waals surface area contributed by atoms with Crippen molar-refractivity contribution in [3.05, 3.63) is 58.6 Å². The molecule has 2 aromatic carbocycles. The lowest BCUT2D eigenvalue weighted by Crippen LogP contribution is -2.01. The topological polar surface area (TPSA) is 12.9 Å². The third-order valence-electron chi connectivity index (χ3n) is 3.44. The van der Waals surface area contributed by atoms with Crippen LogP contribution in [0.5, 0.6) is 0 Å². The predicted octanol–water partition coefficient (Wildman–Crippen LogP) is 5.27. The van der Waals surface area contributed by atoms with Crippen LogP contribution in [0.15, 0.2) is 57.9 Å². The van der Waals surface area contributed by atoms with E-state index >= 15 is 0 Å². The van der Waals surface area contributed by atoms with Gasteiger partial charge in [-0.05, 0) is 28.1 Å². The Morgan fingerprint density at radius 1 is 1.00 bits per heavy atom. The van der Waals surface area contributed by atoms with Gasteiger partial charge in [0.1, 0.15) is 0 Å². The molecule has 19 heavy (non-hydrogen) atoms. The number of fused-ring (bicyclic) bond motifs is 4. The zero-order chi connectivity index (χ0) is 12.8. The predicted molar refractivity (Wildman–Crippen MR) is 84.4 cm³/mol. The molecule has 0 spiro atoms. The van der Waals surface area contributed by atoms with E-state index in [0.29, 0.717) is 0 Å². The first-order valence-corrected chi connectivity index (χ1v) is 7.92. The molecule has 0 unspecified atom stereocenters. The fourth-order valence-corrected chi connectivity index (χ4v) is 4.43. The van der Waals surface area contributed by atoms with Crippen molar-refractivity contribution < 1.29 is 0 Å². The highest BCUT2D eigenvalue weighted by molar-refractivity contribution is 9.10. The molecule has 1 aromatic heterocycles. The second-order valence-electron chi connectivity index (χ2n) is 4.55. The molecule has 1 aliphatic heterocycles. The van der Waals surface area contributed by atoms with Gasteiger partial charge in [-0.25, -0.2) is 4.98 Å². The van der Waals surface area contributed by atoms with Gasteiger partial charge in [0, 0.05) is 31.6 Å². The van der Waals surface area contributed by atoms with E-state index in [4.69, 9.17) is 4.98 Å². The minimum Gasteiger partial charge on any atom is -0.247 e. The Labute approximate surface area is 124 Å². The molecule has 0 radical (unpaired) electrons. The van der Waals surface area contributed by atoms with Gasteiger partial charge in [0.25, 0.3) is 0 Å². The average Bonchev–Trinajstić information content (AvgIpc) is 2.47. The van der Waals surface area contributed by atoms with Crippen molar-refractivity contribution in [3.8, 4) is 11.3 Å². The lowest BCUT2D eigenvalue weighted by atomic mass is 10.0. The SMILES string of the molecule is Brc1c2c(nc3ccccc13)-c1ccccc1SC2. The van der Waals surface area contributed by atoms with Crippen LogP contribution in [-0.4, -0.2) is 4.98 Å². The quantitative estimate of drug-likeness (QED) is 0.557. The summed E-state index contributed by atoms with van der Waals surface area (Å²) in [6, 6.07) is 16.8. The number of para-hydroxylation sites is 1. The highest BCUT2D eigenvalue weighted by Crippen LogP contribution is 2.44. The minimum atomic E-state index is 0.977. The third kappa shape index (κ3) is 1.72. The smallest absolute Gasteiger partial charge is 0.0772 e. The molecule has 92 valence electrons. The van der Waals surface area contributed by atoms with Crippen LogP contribution in [0.2, 0.25) is 0 Å². The Kier molecular flexibility index (Phi) is 2.64. The second kappa shape index (κ2) is 4.36. The van der Waals surface area contributed by atoms with Gasteiger partial charge in [0.2, 0.25) is 0 Å². The fraction of sp³-hybridized carbons (Fsp3) is 0.0625. The summed E-state index contributed by atoms with van der Waals surface area (Å²) < 4.78 is 1.19. The molecule has 0 fully saturated rings. The number of hydrogen-bond donors (Lipinski definition) is 0. The standard InChI is InChI=1S/C16H10BrNS/c17-15-10-5-1-3-7-13(10)18-16-11-6-2-4-8-14(11)19-9-12(15)16/h1-8H,9H2. The average molecular weight is 328 g/mol. The Bertz CT molecular complexity index is 798. The Hall–Kier alpha value is -1.32. The molecular weight excluding hydrogens is 318 g/mol. The first-order chi connectivity index (χ1) is 9.34. The monoisotopic (exact) mass is 327 g/mol. The molecule has 4 rings (SSSR count). The normalized spacial score (nSPS) is 13.1. The molecule has 0 saturated heterocycles. The molecule has 0 amide bonds. The highest BCUT2D eigenvalue weighted by Gasteiger charge is 2.21. The minimum absolute atomic E-state index is 0.977. The van der Waals surface area contributed by atoms with Gasteiger partial charge in [-0.1, -0.05) is 36.4 Å². The Balaban J connectivity index is 2.11. The second-order valence-corrected chi connectivity index (χ2v) is 6.37. The van der Waals surface area contributed by atoms with E-state index in [1.165, 1.54) is 25.9 Å². The summed E-state index contributed by atoms with van der Waals surface area (Å²) in [5.74, 6) is 0.977. The summed E-state index contributed by atoms with van der Waals surface area (Å²) in [7, 11) is 0. The first-order valence-electron chi connectivity index (χ1n) is 6.14. The first kappa shape index (κ1) is 11.5. The van der Waals surface area contributed by atoms with Crippen LogP contribution in [-0.2, 0) is 5.75 Å². The number of benzene rings is 2. The van der Waals surface area contributed by atoms with Crippen molar-refractivity contribution in [2.24, 2.45) is 0 Å². The lowest BCUT2D eigenvalue weighted by molar-refractivity contribution is 1.23. The van der Waals surface area contributed by atoms with Crippen LogP contribution in [0.4, 0.5) is 0 Å². The third-order valence-corrected chi connectivity index (χ3v) is 5.44. The van der Waals surface area contributed by atoms with Gasteiger partial charge in [0.15, 0.2) is 0 Å². The highest BCUT2D eigenvalue weighted by atomic mass is 79.9. The Morgan fingerprint density at radius 2 is 1.79 bits per heavy atom. The summed E-state index contributed by atoms with van der Waals surface area (Å²) in [5, 5.41) is 1.20. The molecule has 0 atom stereocenters. The number of hydrogen-bond acceptors (Lipinski definition) is 2. The van der Waals surface area contributed by atoms with Crippen molar-refractivity contribution in [3.63, 3.8) is 0 Å². The molecule has 0 bridgehead atoms. The molecular formula is C16H10BrNS. The van der Waals surface area contributed by atoms with Gasteiger partial charge >= 0.3 is 0 Å². The van der Waals surface area contributed by atoms with E-state index in [0.717, 1.165) is 17.0 Å². The maximum Gasteiger partial charge on any atom is 0.0772 e. The van der Waals surface area contributed by atoms with E-state index in [-0.39, 0.29) is 0 Å². The Morgan fingerprint density at radius 3 is 2.74 bits per heavy atom. The molecule has 1 aliphatic rings. The number of halogens is 1. The van der Waals surface area contributed by atoms with Gasteiger partial charge in [-0.15, -0.1) is 11.8 Å². The molecule has 3 aromatic rings. The van der Waals surface area contributed by atoms with Gasteiger partial charge < -0.3 is 0 Å². The van der Waals surface area contributed by atoms with Crippen molar-refractivity contribution in [2.45, 2.75) is 10.6 Å². The molecule has 3 heteroatoms. The zero-order valence-electron chi connectivity index (χ0n) is 10.1. The van der Waals surface area contributed by atoms with E-state index in [1.807, 2.05) is 17.8 Å². The van der Waals surface area contributed by atoms with Gasteiger partial charge in [-0.3, -0.25) is 0 Å². The zero-order valence-corrected chi connectivity index (χ0v) is 12.5. The number of aromatic nitrogens is 1. The van der Waals surface area contributed by atoms with Gasteiger partial charge in [-0.2, -0.15) is 0 Å². The van der Waals surface area contributed by atoms with Crippen molar-refractivity contribution in [1.82, 2.24) is 4.98 Å². The summed E-state index contributed by atoms with van der Waals surface area (Å²) in [6.07, 6.45) is 0. The number of pyridine rings is 1. The van der Waals surface area contributed by atoms with Crippen molar-refractivity contribution in [2.75, 3.05) is 0 Å². The summed E-state index contributed by atoms with van der Waals surface area (Å²) in [4.78, 5) is 6.20. The van der Waals surface area contributed by atoms with Crippen LogP contribution in [0.25, 0.3) is 22.2 Å². The molecule has 0 aliphatic carbocycles. The van der Waals surface area contributed by atoms with Crippen LogP contribution in [0.1, 0.15) is 5.56 Å². The number of thioether (sulfide) groups is 1. The summed E-state index contributed by atoms with van der Waals surface area (Å²) in [6.45, 7) is 0. The van der Waals surface area contributed by atoms with Crippen LogP contribution < -0.4 is 0 Å². The van der Waals surface area contributed by atoms with Crippen molar-refractivity contribution in [1.29, 1.82) is 0 Å². The molecule has 0 N–H and O–H groups in total. The molecule has 1 nitrogen and oxygen atoms in total. The molecule has 0 saturated carbocycles. The fourth-order valence-electron chi connectivity index (χ4n) is 2.50. The van der Waals surface area contributed by atoms with Gasteiger partial charge in [0.05, 0.1) is 11.2 Å². The molecule has 2 heterocycles. The van der Waals surface area contributed by atoms with E-state index in [2.05, 4.69) is 58.4 Å². The summed E-state index contributed by atoms with van der Waals surface area (Å²) in [5.41, 5.74) is 4.73. The van der Waals surface area contributed by atoms with Crippen molar-refractivity contribution >= 4 is 38.6 Å². The van der Waals surface area contributed by atoms with Crippen LogP contribution in [0, 0.1) is 0 Å². The maximum absolute atomic E-state index is 4.87. The maximum atomic E-state index is 4.87. The number of nitrogens with zero attached hydrogens (tertiary/aromatic N) is 1. The number of rotatable bonds is 0. The van der Waals surface area contributed by atoms with E-state index < -0.39 is 0 Å². The van der Waals surface area contributed by atoms with E-state index in [1.54, 1.807) is 0 Å². The largest absolute Gasteiger partial charge is 0.247 e. The summed E-state index contributed by atoms with van der Waals surface area (Å²) >= 11 is 5.65. The van der Waals surface area contributed by atoms with Crippen LogP contribution >= 0.6 is 27.7 Å².